The highest BCUT2D eigenvalue weighted by Crippen LogP contribution is 2.44. The van der Waals surface area contributed by atoms with Crippen molar-refractivity contribution in [2.75, 3.05) is 13.1 Å². The molecule has 0 unspecified atom stereocenters. The van der Waals surface area contributed by atoms with Crippen molar-refractivity contribution in [1.29, 1.82) is 0 Å². The molecule has 124 valence electrons. The van der Waals surface area contributed by atoms with E-state index in [4.69, 9.17) is 5.21 Å². The predicted octanol–water partition coefficient (Wildman–Crippen LogP) is 2.17. The molecule has 0 aromatic heterocycles. The standard InChI is InChI=1S/C18H24N2O3/c1-12(2)11-20-8-7-18(17(20)22)6-5-13-9-14(16(21)19-23)3-4-15(13)10-18/h3-4,9,12,23H,5-8,10-11H2,1-2H3,(H,19,21)/t18-/m1/s1. The lowest BCUT2D eigenvalue weighted by Crippen LogP contribution is -2.40. The number of fused-ring (bicyclic) bond motifs is 1. The maximum absolute atomic E-state index is 12.9. The lowest BCUT2D eigenvalue weighted by atomic mass is 9.70. The molecule has 0 saturated carbocycles. The molecule has 1 aliphatic heterocycles. The van der Waals surface area contributed by atoms with Crippen LogP contribution in [0.25, 0.3) is 0 Å². The quantitative estimate of drug-likeness (QED) is 0.663. The van der Waals surface area contributed by atoms with Gasteiger partial charge >= 0.3 is 0 Å². The first-order chi connectivity index (χ1) is 10.9. The summed E-state index contributed by atoms with van der Waals surface area (Å²) in [6.07, 6.45) is 3.34. The third-order valence-corrected chi connectivity index (χ3v) is 5.16. The van der Waals surface area contributed by atoms with E-state index in [2.05, 4.69) is 13.8 Å². The van der Waals surface area contributed by atoms with Crippen molar-refractivity contribution in [2.24, 2.45) is 11.3 Å². The van der Waals surface area contributed by atoms with Gasteiger partial charge in [0, 0.05) is 18.7 Å². The van der Waals surface area contributed by atoms with E-state index in [0.29, 0.717) is 17.4 Å². The molecule has 1 aromatic carbocycles. The van der Waals surface area contributed by atoms with Crippen LogP contribution in [-0.4, -0.2) is 35.0 Å². The SMILES string of the molecule is CC(C)CN1CC[C@@]2(CCc3cc(C(=O)NO)ccc3C2)C1=O. The van der Waals surface area contributed by atoms with Gasteiger partial charge in [0.15, 0.2) is 0 Å². The van der Waals surface area contributed by atoms with Crippen LogP contribution in [0.1, 0.15) is 48.2 Å². The number of hydrogen-bond acceptors (Lipinski definition) is 3. The van der Waals surface area contributed by atoms with Crippen LogP contribution in [0, 0.1) is 11.3 Å². The van der Waals surface area contributed by atoms with E-state index < -0.39 is 5.91 Å². The summed E-state index contributed by atoms with van der Waals surface area (Å²) in [5.74, 6) is 0.298. The minimum Gasteiger partial charge on any atom is -0.342 e. The summed E-state index contributed by atoms with van der Waals surface area (Å²) < 4.78 is 0. The van der Waals surface area contributed by atoms with Crippen LogP contribution in [0.5, 0.6) is 0 Å². The Balaban J connectivity index is 1.81. The van der Waals surface area contributed by atoms with Gasteiger partial charge in [-0.25, -0.2) is 5.48 Å². The number of likely N-dealkylation sites (tertiary alicyclic amines) is 1. The monoisotopic (exact) mass is 316 g/mol. The van der Waals surface area contributed by atoms with Gasteiger partial charge in [-0.3, -0.25) is 14.8 Å². The number of hydrogen-bond donors (Lipinski definition) is 2. The van der Waals surface area contributed by atoms with Gasteiger partial charge in [-0.2, -0.15) is 0 Å². The van der Waals surface area contributed by atoms with Crippen LogP contribution in [-0.2, 0) is 17.6 Å². The normalized spacial score (nSPS) is 23.5. The second-order valence-corrected chi connectivity index (χ2v) is 7.28. The molecule has 1 atom stereocenters. The lowest BCUT2D eigenvalue weighted by molar-refractivity contribution is -0.137. The predicted molar refractivity (Wildman–Crippen MR) is 86.2 cm³/mol. The number of benzene rings is 1. The summed E-state index contributed by atoms with van der Waals surface area (Å²) in [4.78, 5) is 26.4. The Bertz CT molecular complexity index is 641. The molecule has 2 amide bonds. The summed E-state index contributed by atoms with van der Waals surface area (Å²) in [5, 5.41) is 8.75. The molecule has 2 N–H and O–H groups in total. The van der Waals surface area contributed by atoms with Crippen molar-refractivity contribution >= 4 is 11.8 Å². The highest BCUT2D eigenvalue weighted by atomic mass is 16.5. The Labute approximate surface area is 136 Å². The zero-order valence-electron chi connectivity index (χ0n) is 13.8. The lowest BCUT2D eigenvalue weighted by Gasteiger charge is -2.33. The first kappa shape index (κ1) is 16.0. The summed E-state index contributed by atoms with van der Waals surface area (Å²) in [7, 11) is 0. The number of amides is 2. The van der Waals surface area contributed by atoms with Crippen molar-refractivity contribution in [1.82, 2.24) is 10.4 Å². The molecule has 1 spiro atoms. The van der Waals surface area contributed by atoms with E-state index in [1.165, 1.54) is 0 Å². The fourth-order valence-electron chi connectivity index (χ4n) is 3.97. The number of nitrogens with one attached hydrogen (secondary N) is 1. The van der Waals surface area contributed by atoms with Gasteiger partial charge in [-0.15, -0.1) is 0 Å². The summed E-state index contributed by atoms with van der Waals surface area (Å²) in [6, 6.07) is 5.48. The molecule has 3 rings (SSSR count). The maximum Gasteiger partial charge on any atom is 0.274 e. The zero-order valence-corrected chi connectivity index (χ0v) is 13.8. The largest absolute Gasteiger partial charge is 0.342 e. The summed E-state index contributed by atoms with van der Waals surface area (Å²) in [5.41, 5.74) is 4.16. The fraction of sp³-hybridized carbons (Fsp3) is 0.556. The minimum absolute atomic E-state index is 0.247. The first-order valence-electron chi connectivity index (χ1n) is 8.31. The Hall–Kier alpha value is -1.88. The molecule has 0 radical (unpaired) electrons. The minimum atomic E-state index is -0.492. The Morgan fingerprint density at radius 2 is 2.13 bits per heavy atom. The smallest absolute Gasteiger partial charge is 0.274 e. The number of carbonyl (C=O) groups is 2. The van der Waals surface area contributed by atoms with Gasteiger partial charge < -0.3 is 4.90 Å². The molecular formula is C18H24N2O3. The maximum atomic E-state index is 12.9. The van der Waals surface area contributed by atoms with Crippen LogP contribution >= 0.6 is 0 Å². The molecule has 0 bridgehead atoms. The van der Waals surface area contributed by atoms with Gasteiger partial charge in [0.25, 0.3) is 5.91 Å². The van der Waals surface area contributed by atoms with Gasteiger partial charge in [0.2, 0.25) is 5.91 Å². The van der Waals surface area contributed by atoms with Gasteiger partial charge in [0.05, 0.1) is 5.41 Å². The van der Waals surface area contributed by atoms with Crippen molar-refractivity contribution in [3.05, 3.63) is 34.9 Å². The molecule has 23 heavy (non-hydrogen) atoms. The molecule has 1 heterocycles. The van der Waals surface area contributed by atoms with E-state index in [1.807, 2.05) is 17.0 Å². The summed E-state index contributed by atoms with van der Waals surface area (Å²) >= 11 is 0. The molecule has 5 heteroatoms. The van der Waals surface area contributed by atoms with E-state index in [-0.39, 0.29) is 5.41 Å². The molecule has 1 aromatic rings. The van der Waals surface area contributed by atoms with Crippen molar-refractivity contribution in [2.45, 2.75) is 39.5 Å². The molecule has 1 aliphatic carbocycles. The van der Waals surface area contributed by atoms with Crippen LogP contribution in [0.4, 0.5) is 0 Å². The Kier molecular flexibility index (Phi) is 4.15. The number of hydroxylamine groups is 1. The highest BCUT2D eigenvalue weighted by Gasteiger charge is 2.47. The second-order valence-electron chi connectivity index (χ2n) is 7.28. The zero-order chi connectivity index (χ0) is 16.6. The van der Waals surface area contributed by atoms with Crippen LogP contribution < -0.4 is 5.48 Å². The third-order valence-electron chi connectivity index (χ3n) is 5.16. The first-order valence-corrected chi connectivity index (χ1v) is 8.31. The summed E-state index contributed by atoms with van der Waals surface area (Å²) in [6.45, 7) is 5.98. The van der Waals surface area contributed by atoms with Crippen LogP contribution in [0.15, 0.2) is 18.2 Å². The number of nitrogens with zero attached hydrogens (tertiary/aromatic N) is 1. The van der Waals surface area contributed by atoms with Crippen molar-refractivity contribution in [3.63, 3.8) is 0 Å². The molecule has 1 saturated heterocycles. The van der Waals surface area contributed by atoms with Crippen molar-refractivity contribution in [3.8, 4) is 0 Å². The number of rotatable bonds is 3. The van der Waals surface area contributed by atoms with Gasteiger partial charge in [-0.1, -0.05) is 19.9 Å². The molecule has 5 nitrogen and oxygen atoms in total. The van der Waals surface area contributed by atoms with Crippen molar-refractivity contribution < 1.29 is 14.8 Å². The average Bonchev–Trinajstić information content (AvgIpc) is 2.82. The highest BCUT2D eigenvalue weighted by molar-refractivity contribution is 5.93. The number of carbonyl (C=O) groups excluding carboxylic acids is 2. The van der Waals surface area contributed by atoms with E-state index in [0.717, 1.165) is 49.9 Å². The second kappa shape index (κ2) is 5.96. The topological polar surface area (TPSA) is 69.6 Å². The fourth-order valence-corrected chi connectivity index (χ4v) is 3.97. The average molecular weight is 316 g/mol. The third kappa shape index (κ3) is 2.85. The Morgan fingerprint density at radius 3 is 2.83 bits per heavy atom. The van der Waals surface area contributed by atoms with Crippen LogP contribution in [0.2, 0.25) is 0 Å². The molecular weight excluding hydrogens is 292 g/mol. The van der Waals surface area contributed by atoms with E-state index >= 15 is 0 Å². The van der Waals surface area contributed by atoms with Gasteiger partial charge in [-0.05, 0) is 54.9 Å². The Morgan fingerprint density at radius 1 is 1.35 bits per heavy atom. The van der Waals surface area contributed by atoms with E-state index in [1.54, 1.807) is 11.5 Å². The number of aryl methyl sites for hydroxylation is 1. The van der Waals surface area contributed by atoms with Crippen LogP contribution in [0.3, 0.4) is 0 Å². The molecule has 1 fully saturated rings. The van der Waals surface area contributed by atoms with E-state index in [9.17, 15) is 9.59 Å². The van der Waals surface area contributed by atoms with Gasteiger partial charge in [0.1, 0.15) is 0 Å². The molecule has 2 aliphatic rings.